The van der Waals surface area contributed by atoms with Crippen molar-refractivity contribution in [3.05, 3.63) is 36.1 Å². The number of methoxy groups -OCH3 is 1. The summed E-state index contributed by atoms with van der Waals surface area (Å²) in [7, 11) is 1.29. The number of carbonyl (C=O) groups excluding carboxylic acids is 1. The summed E-state index contributed by atoms with van der Waals surface area (Å²) in [6, 6.07) is 6.63. The van der Waals surface area contributed by atoms with Gasteiger partial charge in [-0.1, -0.05) is 0 Å². The molecule has 2 atom stereocenters. The van der Waals surface area contributed by atoms with Gasteiger partial charge in [0.1, 0.15) is 11.6 Å². The molecule has 6 nitrogen and oxygen atoms in total. The van der Waals surface area contributed by atoms with Crippen molar-refractivity contribution in [3.8, 4) is 0 Å². The monoisotopic (exact) mass is 275 g/mol. The molecule has 1 aromatic carbocycles. The van der Waals surface area contributed by atoms with Crippen molar-refractivity contribution in [1.82, 2.24) is 0 Å². The van der Waals surface area contributed by atoms with Crippen LogP contribution in [0.5, 0.6) is 0 Å². The molecule has 1 aromatic heterocycles. The Bertz CT molecular complexity index is 675. The second-order valence-electron chi connectivity index (χ2n) is 4.46. The lowest BCUT2D eigenvalue weighted by molar-refractivity contribution is -0.142. The summed E-state index contributed by atoms with van der Waals surface area (Å²) in [5.41, 5.74) is 1.49. The summed E-state index contributed by atoms with van der Waals surface area (Å²) >= 11 is 0. The highest BCUT2D eigenvalue weighted by molar-refractivity contribution is 5.98. The van der Waals surface area contributed by atoms with Crippen molar-refractivity contribution >= 4 is 22.8 Å². The van der Waals surface area contributed by atoms with Crippen LogP contribution >= 0.6 is 0 Å². The van der Waals surface area contributed by atoms with Crippen molar-refractivity contribution in [1.29, 1.82) is 0 Å². The Morgan fingerprint density at radius 2 is 2.30 bits per heavy atom. The molecule has 0 radical (unpaired) electrons. The summed E-state index contributed by atoms with van der Waals surface area (Å²) in [6.07, 6.45) is 0.444. The Morgan fingerprint density at radius 3 is 3.10 bits per heavy atom. The number of aliphatic hydroxyl groups excluding tert-OH is 1. The highest BCUT2D eigenvalue weighted by Crippen LogP contribution is 2.23. The number of aliphatic hydroxyl groups is 1. The molecule has 3 rings (SSSR count). The third-order valence-electron chi connectivity index (χ3n) is 3.15. The number of hydrogen-bond donors (Lipinski definition) is 1. The van der Waals surface area contributed by atoms with Gasteiger partial charge in [-0.25, -0.2) is 4.99 Å². The zero-order valence-electron chi connectivity index (χ0n) is 10.8. The van der Waals surface area contributed by atoms with E-state index in [0.717, 1.165) is 16.5 Å². The number of ether oxygens (including phenoxy) is 2. The van der Waals surface area contributed by atoms with Crippen LogP contribution in [0.4, 0.5) is 0 Å². The van der Waals surface area contributed by atoms with Crippen LogP contribution in [-0.2, 0) is 14.3 Å². The van der Waals surface area contributed by atoms with Gasteiger partial charge in [-0.15, -0.1) is 0 Å². The average molecular weight is 275 g/mol. The standard InChI is InChI=1S/C14H13NO5/c1-18-12(16)7-10-14(17)20-13(15-10)9-2-3-11-8(6-9)4-5-19-11/h2-6,10,14,17H,7H2,1H3. The van der Waals surface area contributed by atoms with Gasteiger partial charge in [0.2, 0.25) is 12.2 Å². The van der Waals surface area contributed by atoms with Crippen LogP contribution in [0.15, 0.2) is 39.9 Å². The lowest BCUT2D eigenvalue weighted by atomic mass is 10.1. The average Bonchev–Trinajstić information content (AvgIpc) is 3.05. The predicted octanol–water partition coefficient (Wildman–Crippen LogP) is 1.46. The molecule has 0 amide bonds. The molecule has 104 valence electrons. The first-order valence-electron chi connectivity index (χ1n) is 6.14. The maximum absolute atomic E-state index is 11.2. The molecular formula is C14H13NO5. The van der Waals surface area contributed by atoms with E-state index in [-0.39, 0.29) is 6.42 Å². The van der Waals surface area contributed by atoms with Crippen LogP contribution in [-0.4, -0.2) is 36.4 Å². The SMILES string of the molecule is COC(=O)CC1N=C(c2ccc3occc3c2)OC1O. The quantitative estimate of drug-likeness (QED) is 0.858. The van der Waals surface area contributed by atoms with Gasteiger partial charge in [0.25, 0.3) is 0 Å². The first-order chi connectivity index (χ1) is 9.67. The molecule has 0 aliphatic carbocycles. The predicted molar refractivity (Wildman–Crippen MR) is 70.3 cm³/mol. The molecule has 2 unspecified atom stereocenters. The van der Waals surface area contributed by atoms with Gasteiger partial charge in [-0.3, -0.25) is 4.79 Å². The van der Waals surface area contributed by atoms with Gasteiger partial charge in [0.05, 0.1) is 19.8 Å². The fourth-order valence-electron chi connectivity index (χ4n) is 2.08. The van der Waals surface area contributed by atoms with Gasteiger partial charge in [-0.05, 0) is 24.3 Å². The largest absolute Gasteiger partial charge is 0.469 e. The van der Waals surface area contributed by atoms with Crippen molar-refractivity contribution in [2.45, 2.75) is 18.8 Å². The number of fused-ring (bicyclic) bond motifs is 1. The molecule has 2 heterocycles. The maximum Gasteiger partial charge on any atom is 0.307 e. The molecule has 0 spiro atoms. The molecule has 0 bridgehead atoms. The minimum Gasteiger partial charge on any atom is -0.469 e. The van der Waals surface area contributed by atoms with Crippen LogP contribution in [0, 0.1) is 0 Å². The van der Waals surface area contributed by atoms with Crippen LogP contribution < -0.4 is 0 Å². The van der Waals surface area contributed by atoms with Crippen molar-refractivity contribution < 1.29 is 23.8 Å². The third kappa shape index (κ3) is 2.25. The normalized spacial score (nSPS) is 21.6. The third-order valence-corrected chi connectivity index (χ3v) is 3.15. The summed E-state index contributed by atoms with van der Waals surface area (Å²) < 4.78 is 15.1. The molecule has 0 saturated heterocycles. The lowest BCUT2D eigenvalue weighted by Gasteiger charge is -2.09. The highest BCUT2D eigenvalue weighted by Gasteiger charge is 2.32. The lowest BCUT2D eigenvalue weighted by Crippen LogP contribution is -2.25. The first kappa shape index (κ1) is 12.7. The molecular weight excluding hydrogens is 262 g/mol. The van der Waals surface area contributed by atoms with Crippen LogP contribution in [0.2, 0.25) is 0 Å². The minimum absolute atomic E-state index is 0.0187. The maximum atomic E-state index is 11.2. The molecule has 1 aliphatic rings. The summed E-state index contributed by atoms with van der Waals surface area (Å²) in [5, 5.41) is 10.7. The van der Waals surface area contributed by atoms with E-state index in [1.165, 1.54) is 7.11 Å². The van der Waals surface area contributed by atoms with Crippen molar-refractivity contribution in [2.75, 3.05) is 7.11 Å². The zero-order valence-corrected chi connectivity index (χ0v) is 10.8. The number of benzene rings is 1. The molecule has 2 aromatic rings. The van der Waals surface area contributed by atoms with E-state index in [4.69, 9.17) is 9.15 Å². The molecule has 1 aliphatic heterocycles. The summed E-state index contributed by atoms with van der Waals surface area (Å²) in [6.45, 7) is 0. The Kier molecular flexibility index (Phi) is 3.15. The number of esters is 1. The fraction of sp³-hybridized carbons (Fsp3) is 0.286. The topological polar surface area (TPSA) is 81.3 Å². The van der Waals surface area contributed by atoms with E-state index >= 15 is 0 Å². The Hall–Kier alpha value is -2.34. The minimum atomic E-state index is -1.14. The van der Waals surface area contributed by atoms with Gasteiger partial charge in [-0.2, -0.15) is 0 Å². The number of furan rings is 1. The molecule has 1 N–H and O–H groups in total. The number of aliphatic imine (C=N–C) groups is 1. The Morgan fingerprint density at radius 1 is 1.45 bits per heavy atom. The molecule has 6 heteroatoms. The van der Waals surface area contributed by atoms with E-state index in [1.54, 1.807) is 18.4 Å². The van der Waals surface area contributed by atoms with Gasteiger partial charge in [0, 0.05) is 10.9 Å². The van der Waals surface area contributed by atoms with Crippen molar-refractivity contribution in [3.63, 3.8) is 0 Å². The summed E-state index contributed by atoms with van der Waals surface area (Å²) in [5.74, 6) is -0.123. The van der Waals surface area contributed by atoms with E-state index in [2.05, 4.69) is 9.73 Å². The number of carbonyl (C=O) groups is 1. The first-order valence-corrected chi connectivity index (χ1v) is 6.14. The molecule has 0 saturated carbocycles. The number of hydrogen-bond acceptors (Lipinski definition) is 6. The number of nitrogens with zero attached hydrogens (tertiary/aromatic N) is 1. The molecule has 20 heavy (non-hydrogen) atoms. The van der Waals surface area contributed by atoms with E-state index in [0.29, 0.717) is 5.90 Å². The second-order valence-corrected chi connectivity index (χ2v) is 4.46. The highest BCUT2D eigenvalue weighted by atomic mass is 16.6. The van der Waals surface area contributed by atoms with Crippen LogP contribution in [0.1, 0.15) is 12.0 Å². The second kappa shape index (κ2) is 4.97. The Labute approximate surface area is 114 Å². The Balaban J connectivity index is 1.86. The smallest absolute Gasteiger partial charge is 0.307 e. The van der Waals surface area contributed by atoms with Crippen LogP contribution in [0.25, 0.3) is 11.0 Å². The van der Waals surface area contributed by atoms with Crippen molar-refractivity contribution in [2.24, 2.45) is 4.99 Å². The van der Waals surface area contributed by atoms with Gasteiger partial charge in [0.15, 0.2) is 0 Å². The zero-order chi connectivity index (χ0) is 14.1. The van der Waals surface area contributed by atoms with Gasteiger partial charge >= 0.3 is 5.97 Å². The number of rotatable bonds is 3. The fourth-order valence-corrected chi connectivity index (χ4v) is 2.08. The van der Waals surface area contributed by atoms with E-state index in [9.17, 15) is 9.90 Å². The van der Waals surface area contributed by atoms with Crippen LogP contribution in [0.3, 0.4) is 0 Å². The van der Waals surface area contributed by atoms with Gasteiger partial charge < -0.3 is 19.0 Å². The van der Waals surface area contributed by atoms with E-state index in [1.807, 2.05) is 12.1 Å². The molecule has 0 fully saturated rings. The summed E-state index contributed by atoms with van der Waals surface area (Å²) in [4.78, 5) is 15.5. The van der Waals surface area contributed by atoms with E-state index < -0.39 is 18.3 Å².